The van der Waals surface area contributed by atoms with Gasteiger partial charge in [-0.15, -0.1) is 0 Å². The third-order valence-electron chi connectivity index (χ3n) is 7.03. The van der Waals surface area contributed by atoms with Crippen molar-refractivity contribution in [1.82, 2.24) is 10.2 Å². The number of anilines is 1. The van der Waals surface area contributed by atoms with Crippen LogP contribution in [0.1, 0.15) is 16.7 Å². The number of amides is 2. The van der Waals surface area contributed by atoms with Crippen LogP contribution in [-0.2, 0) is 32.6 Å². The fraction of sp³-hybridized carbons (Fsp3) is 0.212. The summed E-state index contributed by atoms with van der Waals surface area (Å²) in [6.07, 6.45) is 0.181. The molecule has 10 heteroatoms. The Morgan fingerprint density at radius 3 is 2.07 bits per heavy atom. The van der Waals surface area contributed by atoms with Crippen LogP contribution in [0.2, 0.25) is 0 Å². The lowest BCUT2D eigenvalue weighted by Crippen LogP contribution is -2.53. The van der Waals surface area contributed by atoms with Gasteiger partial charge in [0.25, 0.3) is 10.0 Å². The molecule has 224 valence electrons. The highest BCUT2D eigenvalue weighted by molar-refractivity contribution is 7.92. The topological polar surface area (TPSA) is 96.0 Å². The molecule has 0 aliphatic carbocycles. The molecule has 1 atom stereocenters. The first-order valence-corrected chi connectivity index (χ1v) is 15.1. The normalized spacial score (nSPS) is 11.8. The fourth-order valence-corrected chi connectivity index (χ4v) is 6.04. The number of nitrogens with zero attached hydrogens (tertiary/aromatic N) is 2. The SMILES string of the molecule is CNC(=O)[C@H](Cc1ccccc1)N(Cc1ccc(F)cc1)C(=O)CN(c1ccc(OC)cc1)S(=O)(=O)c1ccc(C)cc1. The number of carbonyl (C=O) groups is 2. The molecule has 4 aromatic rings. The Morgan fingerprint density at radius 2 is 1.49 bits per heavy atom. The highest BCUT2D eigenvalue weighted by Gasteiger charge is 2.34. The van der Waals surface area contributed by atoms with Gasteiger partial charge in [0.05, 0.1) is 17.7 Å². The minimum Gasteiger partial charge on any atom is -0.497 e. The highest BCUT2D eigenvalue weighted by Crippen LogP contribution is 2.27. The number of carbonyl (C=O) groups excluding carboxylic acids is 2. The molecule has 0 aliphatic rings. The molecule has 8 nitrogen and oxygen atoms in total. The maximum atomic E-state index is 14.2. The van der Waals surface area contributed by atoms with Gasteiger partial charge in [-0.05, 0) is 66.6 Å². The van der Waals surface area contributed by atoms with Crippen LogP contribution >= 0.6 is 0 Å². The summed E-state index contributed by atoms with van der Waals surface area (Å²) in [7, 11) is -1.24. The number of nitrogens with one attached hydrogen (secondary N) is 1. The molecule has 1 N–H and O–H groups in total. The summed E-state index contributed by atoms with van der Waals surface area (Å²) in [4.78, 5) is 28.9. The van der Waals surface area contributed by atoms with Gasteiger partial charge in [0.2, 0.25) is 11.8 Å². The number of ether oxygens (including phenoxy) is 1. The van der Waals surface area contributed by atoms with Crippen molar-refractivity contribution < 1.29 is 27.1 Å². The smallest absolute Gasteiger partial charge is 0.264 e. The van der Waals surface area contributed by atoms with E-state index in [1.54, 1.807) is 36.4 Å². The Morgan fingerprint density at radius 1 is 0.860 bits per heavy atom. The predicted molar refractivity (Wildman–Crippen MR) is 164 cm³/mol. The van der Waals surface area contributed by atoms with E-state index in [2.05, 4.69) is 5.32 Å². The molecule has 4 rings (SSSR count). The second-order valence-electron chi connectivity index (χ2n) is 9.99. The summed E-state index contributed by atoms with van der Waals surface area (Å²) >= 11 is 0. The van der Waals surface area contributed by atoms with Crippen LogP contribution in [0.25, 0.3) is 0 Å². The molecule has 0 unspecified atom stereocenters. The van der Waals surface area contributed by atoms with Crippen molar-refractivity contribution in [2.75, 3.05) is 25.0 Å². The van der Waals surface area contributed by atoms with Crippen LogP contribution in [0.15, 0.2) is 108 Å². The molecule has 0 aromatic heterocycles. The summed E-state index contributed by atoms with van der Waals surface area (Å²) in [5, 5.41) is 2.64. The van der Waals surface area contributed by atoms with Crippen LogP contribution in [0.5, 0.6) is 5.75 Å². The van der Waals surface area contributed by atoms with E-state index in [9.17, 15) is 22.4 Å². The zero-order chi connectivity index (χ0) is 31.0. The zero-order valence-electron chi connectivity index (χ0n) is 24.2. The lowest BCUT2D eigenvalue weighted by molar-refractivity contribution is -0.139. The van der Waals surface area contributed by atoms with Crippen LogP contribution in [-0.4, -0.2) is 51.9 Å². The first-order chi connectivity index (χ1) is 20.6. The van der Waals surface area contributed by atoms with Crippen LogP contribution in [0.3, 0.4) is 0 Å². The van der Waals surface area contributed by atoms with Crippen molar-refractivity contribution in [2.45, 2.75) is 30.8 Å². The van der Waals surface area contributed by atoms with Crippen molar-refractivity contribution in [3.63, 3.8) is 0 Å². The third-order valence-corrected chi connectivity index (χ3v) is 8.82. The number of sulfonamides is 1. The molecule has 0 saturated heterocycles. The number of halogens is 1. The Hall–Kier alpha value is -4.70. The molecule has 0 bridgehead atoms. The van der Waals surface area contributed by atoms with Gasteiger partial charge in [-0.1, -0.05) is 60.2 Å². The largest absolute Gasteiger partial charge is 0.497 e. The Kier molecular flexibility index (Phi) is 10.2. The van der Waals surface area contributed by atoms with Gasteiger partial charge in [0.15, 0.2) is 0 Å². The Labute approximate surface area is 251 Å². The van der Waals surface area contributed by atoms with Crippen LogP contribution in [0.4, 0.5) is 10.1 Å². The Bertz CT molecular complexity index is 1630. The maximum absolute atomic E-state index is 14.2. The molecular formula is C33H34FN3O5S. The maximum Gasteiger partial charge on any atom is 0.264 e. The summed E-state index contributed by atoms with van der Waals surface area (Å²) in [5.74, 6) is -0.955. The number of methoxy groups -OCH3 is 1. The van der Waals surface area contributed by atoms with Gasteiger partial charge in [0.1, 0.15) is 24.2 Å². The summed E-state index contributed by atoms with van der Waals surface area (Å²) in [6, 6.07) is 26.5. The molecule has 0 spiro atoms. The highest BCUT2D eigenvalue weighted by atomic mass is 32.2. The van der Waals surface area contributed by atoms with Crippen molar-refractivity contribution in [3.8, 4) is 5.75 Å². The molecule has 0 radical (unpaired) electrons. The van der Waals surface area contributed by atoms with Gasteiger partial charge in [0, 0.05) is 20.0 Å². The average molecular weight is 604 g/mol. The second kappa shape index (κ2) is 14.0. The van der Waals surface area contributed by atoms with Crippen molar-refractivity contribution in [2.24, 2.45) is 0 Å². The molecule has 4 aromatic carbocycles. The average Bonchev–Trinajstić information content (AvgIpc) is 3.02. The number of aryl methyl sites for hydroxylation is 1. The fourth-order valence-electron chi connectivity index (χ4n) is 4.62. The Balaban J connectivity index is 1.78. The third kappa shape index (κ3) is 7.78. The van der Waals surface area contributed by atoms with Crippen LogP contribution in [0, 0.1) is 12.7 Å². The number of likely N-dealkylation sites (N-methyl/N-ethyl adjacent to an activating group) is 1. The van der Waals surface area contributed by atoms with Crippen molar-refractivity contribution >= 4 is 27.5 Å². The summed E-state index contributed by atoms with van der Waals surface area (Å²) < 4.78 is 48.0. The van der Waals surface area contributed by atoms with Gasteiger partial charge >= 0.3 is 0 Å². The van der Waals surface area contributed by atoms with Crippen molar-refractivity contribution in [1.29, 1.82) is 0 Å². The zero-order valence-corrected chi connectivity index (χ0v) is 25.1. The standard InChI is InChI=1S/C33H34FN3O5S/c1-24-9-19-30(20-10-24)43(40,41)37(28-15-17-29(42-3)18-16-28)23-32(38)36(22-26-11-13-27(34)14-12-26)31(33(39)35-2)21-25-7-5-4-6-8-25/h4-20,31H,21-23H2,1-3H3,(H,35,39)/t31-/m0/s1. The molecule has 2 amide bonds. The molecule has 0 heterocycles. The predicted octanol–water partition coefficient (Wildman–Crippen LogP) is 4.72. The first kappa shape index (κ1) is 31.2. The molecule has 43 heavy (non-hydrogen) atoms. The van der Waals surface area contributed by atoms with E-state index in [0.29, 0.717) is 11.3 Å². The first-order valence-electron chi connectivity index (χ1n) is 13.6. The second-order valence-corrected chi connectivity index (χ2v) is 11.9. The number of benzene rings is 4. The van der Waals surface area contributed by atoms with E-state index >= 15 is 0 Å². The molecule has 0 fully saturated rings. The van der Waals surface area contributed by atoms with Gasteiger partial charge in [-0.3, -0.25) is 13.9 Å². The van der Waals surface area contributed by atoms with E-state index in [4.69, 9.17) is 4.74 Å². The number of rotatable bonds is 12. The van der Waals surface area contributed by atoms with E-state index < -0.39 is 40.2 Å². The molecular weight excluding hydrogens is 569 g/mol. The number of hydrogen-bond acceptors (Lipinski definition) is 5. The summed E-state index contributed by atoms with van der Waals surface area (Å²) in [6.45, 7) is 1.21. The van der Waals surface area contributed by atoms with E-state index in [0.717, 1.165) is 15.4 Å². The minimum atomic E-state index is -4.21. The van der Waals surface area contributed by atoms with E-state index in [1.165, 1.54) is 55.5 Å². The van der Waals surface area contributed by atoms with Gasteiger partial charge < -0.3 is 15.0 Å². The van der Waals surface area contributed by atoms with Gasteiger partial charge in [-0.25, -0.2) is 12.8 Å². The summed E-state index contributed by atoms with van der Waals surface area (Å²) in [5.41, 5.74) is 2.52. The van der Waals surface area contributed by atoms with E-state index in [1.807, 2.05) is 37.3 Å². The van der Waals surface area contributed by atoms with Gasteiger partial charge in [-0.2, -0.15) is 0 Å². The quantitative estimate of drug-likeness (QED) is 0.253. The monoisotopic (exact) mass is 603 g/mol. The lowest BCUT2D eigenvalue weighted by Gasteiger charge is -2.33. The van der Waals surface area contributed by atoms with E-state index in [-0.39, 0.29) is 23.5 Å². The lowest BCUT2D eigenvalue weighted by atomic mass is 10.0. The molecule has 0 saturated carbocycles. The van der Waals surface area contributed by atoms with Crippen molar-refractivity contribution in [3.05, 3.63) is 126 Å². The number of hydrogen-bond donors (Lipinski definition) is 1. The molecule has 0 aliphatic heterocycles. The van der Waals surface area contributed by atoms with Crippen LogP contribution < -0.4 is 14.4 Å². The minimum absolute atomic E-state index is 0.0129.